The normalized spacial score (nSPS) is 12.7. The highest BCUT2D eigenvalue weighted by atomic mass is 35.5. The van der Waals surface area contributed by atoms with Gasteiger partial charge in [0, 0.05) is 27.5 Å². The number of nitrogens with zero attached hydrogens (tertiary/aromatic N) is 2. The first-order valence-corrected chi connectivity index (χ1v) is 9.96. The molecule has 0 amide bonds. The molecular formula is C22H24Cl2N2O. The highest BCUT2D eigenvalue weighted by molar-refractivity contribution is 6.32. The van der Waals surface area contributed by atoms with Crippen molar-refractivity contribution in [1.29, 1.82) is 0 Å². The molecule has 0 aliphatic heterocycles. The fraction of sp³-hybridized carbons (Fsp3) is 0.318. The van der Waals surface area contributed by atoms with Gasteiger partial charge in [-0.25, -0.2) is 4.98 Å². The Morgan fingerprint density at radius 2 is 1.70 bits per heavy atom. The number of fused-ring (bicyclic) bond motifs is 1. The monoisotopic (exact) mass is 402 g/mol. The molecule has 0 aliphatic rings. The average Bonchev–Trinajstić information content (AvgIpc) is 2.68. The number of aliphatic hydroxyl groups is 1. The average molecular weight is 403 g/mol. The van der Waals surface area contributed by atoms with Gasteiger partial charge >= 0.3 is 0 Å². The maximum atomic E-state index is 11.0. The molecule has 1 aromatic heterocycles. The van der Waals surface area contributed by atoms with E-state index in [0.717, 1.165) is 46.4 Å². The second-order valence-electron chi connectivity index (χ2n) is 6.67. The zero-order valence-corrected chi connectivity index (χ0v) is 17.3. The molecule has 0 radical (unpaired) electrons. The Bertz CT molecular complexity index is 937. The van der Waals surface area contributed by atoms with E-state index in [1.807, 2.05) is 49.4 Å². The van der Waals surface area contributed by atoms with E-state index in [2.05, 4.69) is 18.7 Å². The van der Waals surface area contributed by atoms with Crippen LogP contribution in [0.5, 0.6) is 0 Å². The molecule has 0 saturated heterocycles. The molecule has 3 aromatic rings. The predicted octanol–water partition coefficient (Wildman–Crippen LogP) is 5.89. The second-order valence-corrected chi connectivity index (χ2v) is 7.52. The van der Waals surface area contributed by atoms with E-state index in [1.165, 1.54) is 0 Å². The van der Waals surface area contributed by atoms with Gasteiger partial charge in [0.15, 0.2) is 0 Å². The first-order chi connectivity index (χ1) is 12.9. The molecule has 5 heteroatoms. The van der Waals surface area contributed by atoms with Crippen molar-refractivity contribution in [2.45, 2.75) is 26.9 Å². The van der Waals surface area contributed by atoms with E-state index in [4.69, 9.17) is 28.2 Å². The van der Waals surface area contributed by atoms with Crippen LogP contribution in [-0.4, -0.2) is 34.6 Å². The maximum Gasteiger partial charge on any atom is 0.0924 e. The van der Waals surface area contributed by atoms with Crippen molar-refractivity contribution in [1.82, 2.24) is 9.88 Å². The Labute approximate surface area is 170 Å². The van der Waals surface area contributed by atoms with Crippen LogP contribution < -0.4 is 0 Å². The van der Waals surface area contributed by atoms with Gasteiger partial charge < -0.3 is 10.0 Å². The number of pyridine rings is 1. The van der Waals surface area contributed by atoms with Crippen molar-refractivity contribution in [3.05, 3.63) is 63.6 Å². The van der Waals surface area contributed by atoms with Crippen molar-refractivity contribution in [2.75, 3.05) is 19.6 Å². The predicted molar refractivity (Wildman–Crippen MR) is 115 cm³/mol. The number of hydrogen-bond acceptors (Lipinski definition) is 3. The molecule has 1 N–H and O–H groups in total. The summed E-state index contributed by atoms with van der Waals surface area (Å²) in [6.45, 7) is 8.53. The van der Waals surface area contributed by atoms with E-state index in [-0.39, 0.29) is 0 Å². The first kappa shape index (κ1) is 20.1. The van der Waals surface area contributed by atoms with Crippen LogP contribution in [0, 0.1) is 6.92 Å². The smallest absolute Gasteiger partial charge is 0.0924 e. The molecule has 1 atom stereocenters. The Hall–Kier alpha value is -1.65. The number of aliphatic hydroxyl groups excluding tert-OH is 1. The minimum atomic E-state index is -0.609. The molecule has 0 spiro atoms. The minimum Gasteiger partial charge on any atom is -0.387 e. The molecule has 0 fully saturated rings. The summed E-state index contributed by atoms with van der Waals surface area (Å²) in [6, 6.07) is 13.4. The maximum absolute atomic E-state index is 11.0. The SMILES string of the molecule is CCN(CC)C[C@@H](O)c1cc(-c2ccc(Cl)cc2)nc2c(C)c(Cl)ccc12. The van der Waals surface area contributed by atoms with Gasteiger partial charge in [0.1, 0.15) is 0 Å². The molecule has 3 nitrogen and oxygen atoms in total. The van der Waals surface area contributed by atoms with Gasteiger partial charge in [0.05, 0.1) is 17.3 Å². The van der Waals surface area contributed by atoms with Gasteiger partial charge in [-0.1, -0.05) is 55.2 Å². The Morgan fingerprint density at radius 1 is 1.04 bits per heavy atom. The number of halogens is 2. The van der Waals surface area contributed by atoms with Crippen molar-refractivity contribution >= 4 is 34.1 Å². The Balaban J connectivity index is 2.18. The van der Waals surface area contributed by atoms with Crippen LogP contribution in [0.3, 0.4) is 0 Å². The largest absolute Gasteiger partial charge is 0.387 e. The number of hydrogen-bond donors (Lipinski definition) is 1. The lowest BCUT2D eigenvalue weighted by molar-refractivity contribution is 0.120. The Kier molecular flexibility index (Phi) is 6.38. The summed E-state index contributed by atoms with van der Waals surface area (Å²) in [6.07, 6.45) is -0.609. The van der Waals surface area contributed by atoms with Crippen LogP contribution >= 0.6 is 23.2 Å². The molecular weight excluding hydrogens is 379 g/mol. The highest BCUT2D eigenvalue weighted by Gasteiger charge is 2.18. The molecule has 0 saturated carbocycles. The first-order valence-electron chi connectivity index (χ1n) is 9.20. The molecule has 27 heavy (non-hydrogen) atoms. The second kappa shape index (κ2) is 8.57. The van der Waals surface area contributed by atoms with E-state index in [1.54, 1.807) is 0 Å². The third kappa shape index (κ3) is 4.27. The minimum absolute atomic E-state index is 0.577. The lowest BCUT2D eigenvalue weighted by atomic mass is 9.98. The number of aryl methyl sites for hydroxylation is 1. The molecule has 1 heterocycles. The molecule has 3 rings (SSSR count). The number of aromatic nitrogens is 1. The van der Waals surface area contributed by atoms with Crippen LogP contribution in [-0.2, 0) is 0 Å². The zero-order valence-electron chi connectivity index (χ0n) is 15.8. The summed E-state index contributed by atoms with van der Waals surface area (Å²) >= 11 is 12.4. The summed E-state index contributed by atoms with van der Waals surface area (Å²) in [5.74, 6) is 0. The third-order valence-electron chi connectivity index (χ3n) is 5.02. The van der Waals surface area contributed by atoms with Gasteiger partial charge in [0.25, 0.3) is 0 Å². The third-order valence-corrected chi connectivity index (χ3v) is 5.69. The van der Waals surface area contributed by atoms with E-state index >= 15 is 0 Å². The lowest BCUT2D eigenvalue weighted by Crippen LogP contribution is -2.28. The van der Waals surface area contributed by atoms with Crippen LogP contribution in [0.1, 0.15) is 31.1 Å². The summed E-state index contributed by atoms with van der Waals surface area (Å²) in [7, 11) is 0. The van der Waals surface area contributed by atoms with E-state index < -0.39 is 6.10 Å². The lowest BCUT2D eigenvalue weighted by Gasteiger charge is -2.23. The number of benzene rings is 2. The molecule has 142 valence electrons. The van der Waals surface area contributed by atoms with Crippen molar-refractivity contribution in [3.8, 4) is 11.3 Å². The molecule has 0 aliphatic carbocycles. The fourth-order valence-electron chi connectivity index (χ4n) is 3.30. The van der Waals surface area contributed by atoms with Crippen LogP contribution in [0.25, 0.3) is 22.2 Å². The summed E-state index contributed by atoms with van der Waals surface area (Å²) in [5.41, 5.74) is 4.37. The van der Waals surface area contributed by atoms with Crippen molar-refractivity contribution in [3.63, 3.8) is 0 Å². The summed E-state index contributed by atoms with van der Waals surface area (Å²) in [4.78, 5) is 7.06. The molecule has 0 unspecified atom stereocenters. The quantitative estimate of drug-likeness (QED) is 0.557. The van der Waals surface area contributed by atoms with Gasteiger partial charge in [-0.2, -0.15) is 0 Å². The van der Waals surface area contributed by atoms with Crippen molar-refractivity contribution in [2.24, 2.45) is 0 Å². The van der Waals surface area contributed by atoms with Crippen LogP contribution in [0.2, 0.25) is 10.0 Å². The molecule has 0 bridgehead atoms. The summed E-state index contributed by atoms with van der Waals surface area (Å²) < 4.78 is 0. The fourth-order valence-corrected chi connectivity index (χ4v) is 3.58. The van der Waals surface area contributed by atoms with Gasteiger partial charge in [-0.05, 0) is 55.4 Å². The van der Waals surface area contributed by atoms with Gasteiger partial charge in [-0.15, -0.1) is 0 Å². The van der Waals surface area contributed by atoms with Crippen LogP contribution in [0.15, 0.2) is 42.5 Å². The number of likely N-dealkylation sites (N-methyl/N-ethyl adjacent to an activating group) is 1. The topological polar surface area (TPSA) is 36.4 Å². The zero-order chi connectivity index (χ0) is 19.6. The number of rotatable bonds is 6. The molecule has 2 aromatic carbocycles. The van der Waals surface area contributed by atoms with Gasteiger partial charge in [-0.3, -0.25) is 0 Å². The van der Waals surface area contributed by atoms with Crippen LogP contribution in [0.4, 0.5) is 0 Å². The van der Waals surface area contributed by atoms with Gasteiger partial charge in [0.2, 0.25) is 0 Å². The Morgan fingerprint density at radius 3 is 2.33 bits per heavy atom. The van der Waals surface area contributed by atoms with Crippen molar-refractivity contribution < 1.29 is 5.11 Å². The van der Waals surface area contributed by atoms with E-state index in [9.17, 15) is 5.11 Å². The summed E-state index contributed by atoms with van der Waals surface area (Å²) in [5, 5.41) is 13.3. The standard InChI is InChI=1S/C22H24Cl2N2O/c1-4-26(5-2)13-21(27)18-12-20(15-6-8-16(23)9-7-15)25-22-14(3)19(24)11-10-17(18)22/h6-12,21,27H,4-5,13H2,1-3H3/t21-/m1/s1. The van der Waals surface area contributed by atoms with E-state index in [0.29, 0.717) is 16.6 Å². The highest BCUT2D eigenvalue weighted by Crippen LogP contribution is 2.33.